The summed E-state index contributed by atoms with van der Waals surface area (Å²) in [5, 5.41) is 12.1. The number of hydrogen-bond acceptors (Lipinski definition) is 3. The van der Waals surface area contributed by atoms with Crippen LogP contribution in [0.1, 0.15) is 51.4 Å². The third kappa shape index (κ3) is 4.73. The molecule has 0 bridgehead atoms. The molecule has 1 aromatic rings. The molecule has 0 aliphatic carbocycles. The van der Waals surface area contributed by atoms with Crippen LogP contribution in [0.15, 0.2) is 18.3 Å². The second-order valence-corrected chi connectivity index (χ2v) is 6.48. The van der Waals surface area contributed by atoms with Crippen LogP contribution in [0, 0.1) is 5.41 Å². The lowest BCUT2D eigenvalue weighted by Gasteiger charge is -2.33. The van der Waals surface area contributed by atoms with Gasteiger partial charge in [-0.25, -0.2) is 9.78 Å². The third-order valence-electron chi connectivity index (χ3n) is 2.45. The second-order valence-electron chi connectivity index (χ2n) is 6.48. The highest BCUT2D eigenvalue weighted by Gasteiger charge is 2.25. The van der Waals surface area contributed by atoms with E-state index in [9.17, 15) is 4.79 Å². The minimum absolute atomic E-state index is 0.0873. The molecule has 0 aromatic carbocycles. The molecule has 4 nitrogen and oxygen atoms in total. The summed E-state index contributed by atoms with van der Waals surface area (Å²) < 4.78 is 0. The molecule has 0 saturated carbocycles. The molecule has 0 spiro atoms. The number of aromatic carboxylic acids is 1. The lowest BCUT2D eigenvalue weighted by atomic mass is 9.82. The minimum atomic E-state index is -0.956. The molecule has 2 N–H and O–H groups in total. The van der Waals surface area contributed by atoms with Crippen LogP contribution < -0.4 is 5.32 Å². The fourth-order valence-electron chi connectivity index (χ4n) is 2.31. The third-order valence-corrected chi connectivity index (χ3v) is 2.45. The minimum Gasteiger partial charge on any atom is -0.478 e. The number of anilines is 1. The van der Waals surface area contributed by atoms with Gasteiger partial charge in [-0.05, 0) is 37.8 Å². The zero-order chi connectivity index (χ0) is 14.0. The second kappa shape index (κ2) is 4.96. The summed E-state index contributed by atoms with van der Waals surface area (Å²) in [6, 6.07) is 3.26. The van der Waals surface area contributed by atoms with Crippen molar-refractivity contribution < 1.29 is 9.90 Å². The van der Waals surface area contributed by atoms with Crippen molar-refractivity contribution in [2.45, 2.75) is 46.6 Å². The van der Waals surface area contributed by atoms with Gasteiger partial charge >= 0.3 is 5.97 Å². The maximum atomic E-state index is 10.7. The Morgan fingerprint density at radius 2 is 1.89 bits per heavy atom. The van der Waals surface area contributed by atoms with Gasteiger partial charge < -0.3 is 10.4 Å². The normalized spacial score (nSPS) is 12.3. The van der Waals surface area contributed by atoms with Gasteiger partial charge in [-0.3, -0.25) is 0 Å². The molecule has 0 aliphatic rings. The first-order valence-corrected chi connectivity index (χ1v) is 6.07. The molecule has 0 aliphatic heterocycles. The smallest absolute Gasteiger partial charge is 0.337 e. The summed E-state index contributed by atoms with van der Waals surface area (Å²) in [5.74, 6) is -0.253. The fraction of sp³-hybridized carbons (Fsp3) is 0.571. The van der Waals surface area contributed by atoms with Gasteiger partial charge in [0.1, 0.15) is 5.82 Å². The van der Waals surface area contributed by atoms with Crippen LogP contribution in [0.25, 0.3) is 0 Å². The predicted octanol–water partition coefficient (Wildman–Crippen LogP) is 3.41. The maximum Gasteiger partial charge on any atom is 0.337 e. The first-order chi connectivity index (χ1) is 8.09. The van der Waals surface area contributed by atoms with Gasteiger partial charge in [0.15, 0.2) is 0 Å². The van der Waals surface area contributed by atoms with E-state index in [2.05, 4.69) is 44.9 Å². The molecule has 0 amide bonds. The largest absolute Gasteiger partial charge is 0.478 e. The average Bonchev–Trinajstić information content (AvgIpc) is 2.13. The van der Waals surface area contributed by atoms with E-state index < -0.39 is 5.97 Å². The Kier molecular flexibility index (Phi) is 3.99. The van der Waals surface area contributed by atoms with Crippen LogP contribution in [-0.2, 0) is 0 Å². The van der Waals surface area contributed by atoms with E-state index in [0.29, 0.717) is 5.82 Å². The van der Waals surface area contributed by atoms with Gasteiger partial charge in [0, 0.05) is 11.7 Å². The Labute approximate surface area is 108 Å². The van der Waals surface area contributed by atoms with Crippen LogP contribution in [0.4, 0.5) is 5.82 Å². The van der Waals surface area contributed by atoms with Crippen molar-refractivity contribution in [1.29, 1.82) is 0 Å². The molecule has 1 aromatic heterocycles. The van der Waals surface area contributed by atoms with Crippen molar-refractivity contribution in [1.82, 2.24) is 4.98 Å². The fourth-order valence-corrected chi connectivity index (χ4v) is 2.31. The summed E-state index contributed by atoms with van der Waals surface area (Å²) in [6.07, 6.45) is 2.36. The van der Waals surface area contributed by atoms with Crippen molar-refractivity contribution in [3.05, 3.63) is 23.9 Å². The Morgan fingerprint density at radius 3 is 2.28 bits per heavy atom. The van der Waals surface area contributed by atoms with E-state index in [1.165, 1.54) is 6.20 Å². The zero-order valence-electron chi connectivity index (χ0n) is 11.7. The number of carboxylic acids is 1. The standard InChI is InChI=1S/C14H22N2O2/c1-13(2,3)9-14(4,5)16-11-7-6-10(8-15-11)12(17)18/h6-8H,9H2,1-5H3,(H,15,16)(H,17,18). The average molecular weight is 250 g/mol. The maximum absolute atomic E-state index is 10.7. The van der Waals surface area contributed by atoms with E-state index in [0.717, 1.165) is 6.42 Å². The van der Waals surface area contributed by atoms with Gasteiger partial charge in [0.05, 0.1) is 5.56 Å². The number of pyridine rings is 1. The van der Waals surface area contributed by atoms with E-state index in [-0.39, 0.29) is 16.5 Å². The Bertz CT molecular complexity index is 416. The first kappa shape index (κ1) is 14.5. The molecule has 1 rings (SSSR count). The van der Waals surface area contributed by atoms with Crippen LogP contribution in [-0.4, -0.2) is 21.6 Å². The molecule has 100 valence electrons. The van der Waals surface area contributed by atoms with Crippen LogP contribution >= 0.6 is 0 Å². The number of nitrogens with zero attached hydrogens (tertiary/aromatic N) is 1. The molecule has 1 heterocycles. The lowest BCUT2D eigenvalue weighted by molar-refractivity contribution is 0.0696. The molecular formula is C14H22N2O2. The molecular weight excluding hydrogens is 228 g/mol. The molecule has 18 heavy (non-hydrogen) atoms. The van der Waals surface area contributed by atoms with Crippen molar-refractivity contribution in [3.8, 4) is 0 Å². The summed E-state index contributed by atoms with van der Waals surface area (Å²) >= 11 is 0. The number of aromatic nitrogens is 1. The zero-order valence-corrected chi connectivity index (χ0v) is 11.7. The molecule has 0 unspecified atom stereocenters. The van der Waals surface area contributed by atoms with Crippen molar-refractivity contribution >= 4 is 11.8 Å². The van der Waals surface area contributed by atoms with Crippen molar-refractivity contribution in [2.24, 2.45) is 5.41 Å². The Morgan fingerprint density at radius 1 is 1.28 bits per heavy atom. The summed E-state index contributed by atoms with van der Waals surface area (Å²) in [6.45, 7) is 10.8. The number of rotatable bonds is 4. The van der Waals surface area contributed by atoms with E-state index in [1.54, 1.807) is 12.1 Å². The predicted molar refractivity (Wildman–Crippen MR) is 73.0 cm³/mol. The van der Waals surface area contributed by atoms with Gasteiger partial charge in [0.25, 0.3) is 0 Å². The van der Waals surface area contributed by atoms with E-state index >= 15 is 0 Å². The number of hydrogen-bond donors (Lipinski definition) is 2. The van der Waals surface area contributed by atoms with Crippen LogP contribution in [0.5, 0.6) is 0 Å². The SMILES string of the molecule is CC(C)(C)CC(C)(C)Nc1ccc(C(=O)O)cn1. The highest BCUT2D eigenvalue weighted by Crippen LogP contribution is 2.29. The molecule has 4 heteroatoms. The number of carboxylic acid groups (broad SMARTS) is 1. The molecule has 0 saturated heterocycles. The summed E-state index contributed by atoms with van der Waals surface area (Å²) in [7, 11) is 0. The van der Waals surface area contributed by atoms with E-state index in [1.807, 2.05) is 0 Å². The highest BCUT2D eigenvalue weighted by atomic mass is 16.4. The molecule has 0 atom stereocenters. The Hall–Kier alpha value is -1.58. The van der Waals surface area contributed by atoms with Gasteiger partial charge in [-0.2, -0.15) is 0 Å². The lowest BCUT2D eigenvalue weighted by Crippen LogP contribution is -2.35. The van der Waals surface area contributed by atoms with Crippen molar-refractivity contribution in [2.75, 3.05) is 5.32 Å². The molecule has 0 fully saturated rings. The Balaban J connectivity index is 2.75. The van der Waals surface area contributed by atoms with Crippen LogP contribution in [0.2, 0.25) is 0 Å². The number of nitrogens with one attached hydrogen (secondary N) is 1. The topological polar surface area (TPSA) is 62.2 Å². The first-order valence-electron chi connectivity index (χ1n) is 6.07. The van der Waals surface area contributed by atoms with E-state index in [4.69, 9.17) is 5.11 Å². The molecule has 0 radical (unpaired) electrons. The monoisotopic (exact) mass is 250 g/mol. The van der Waals surface area contributed by atoms with Gasteiger partial charge in [-0.1, -0.05) is 20.8 Å². The van der Waals surface area contributed by atoms with Crippen LogP contribution in [0.3, 0.4) is 0 Å². The highest BCUT2D eigenvalue weighted by molar-refractivity contribution is 5.87. The van der Waals surface area contributed by atoms with Crippen molar-refractivity contribution in [3.63, 3.8) is 0 Å². The summed E-state index contributed by atoms with van der Waals surface area (Å²) in [4.78, 5) is 14.8. The summed E-state index contributed by atoms with van der Waals surface area (Å²) in [5.41, 5.74) is 0.335. The van der Waals surface area contributed by atoms with Gasteiger partial charge in [0.2, 0.25) is 0 Å². The van der Waals surface area contributed by atoms with Gasteiger partial charge in [-0.15, -0.1) is 0 Å². The number of carbonyl (C=O) groups is 1. The quantitative estimate of drug-likeness (QED) is 0.859.